The summed E-state index contributed by atoms with van der Waals surface area (Å²) in [5.41, 5.74) is 2.87. The van der Waals surface area contributed by atoms with Gasteiger partial charge in [0.25, 0.3) is 5.91 Å². The Morgan fingerprint density at radius 3 is 2.14 bits per heavy atom. The van der Waals surface area contributed by atoms with E-state index >= 15 is 0 Å². The van der Waals surface area contributed by atoms with E-state index in [2.05, 4.69) is 5.32 Å². The zero-order chi connectivity index (χ0) is 25.8. The van der Waals surface area contributed by atoms with Crippen molar-refractivity contribution >= 4 is 45.3 Å². The molecular weight excluding hydrogens is 476 g/mol. The minimum Gasteiger partial charge on any atom is -0.755 e. The highest BCUT2D eigenvalue weighted by molar-refractivity contribution is 7.81. The third-order valence-electron chi connectivity index (χ3n) is 5.90. The van der Waals surface area contributed by atoms with Gasteiger partial charge < -0.3 is 15.0 Å². The summed E-state index contributed by atoms with van der Waals surface area (Å²) in [6.45, 7) is 3.45. The molecule has 36 heavy (non-hydrogen) atoms. The van der Waals surface area contributed by atoms with Crippen LogP contribution < -0.4 is 9.62 Å². The van der Waals surface area contributed by atoms with Crippen LogP contribution in [0, 0.1) is 5.92 Å². The summed E-state index contributed by atoms with van der Waals surface area (Å²) >= 11 is -2.55. The Balaban J connectivity index is 1.60. The highest BCUT2D eigenvalue weighted by atomic mass is 32.2. The molecule has 0 aliphatic rings. The van der Waals surface area contributed by atoms with Crippen LogP contribution in [-0.2, 0) is 16.1 Å². The van der Waals surface area contributed by atoms with E-state index in [9.17, 15) is 23.5 Å². The van der Waals surface area contributed by atoms with Gasteiger partial charge in [-0.3, -0.25) is 13.3 Å². The Hall–Kier alpha value is -4.01. The first-order valence-corrected chi connectivity index (χ1v) is 12.4. The standard InChI is InChI=1S/C28H26N2O5S/c1-18(2)26(28(32)33)29-27(31)21-12-10-20(11-13-21)23-8-5-9-24(16-23)30(36(34)35)25-15-14-19-6-3-4-7-22(19)17-25/h3-18,26H,1-2H3,(H,29,31)(H,32,33)(H,34,35)/p-1. The maximum Gasteiger partial charge on any atom is 0.326 e. The van der Waals surface area contributed by atoms with Crippen molar-refractivity contribution in [2.75, 3.05) is 4.31 Å². The molecule has 0 saturated carbocycles. The van der Waals surface area contributed by atoms with Crippen LogP contribution in [0.2, 0.25) is 0 Å². The molecule has 184 valence electrons. The zero-order valence-electron chi connectivity index (χ0n) is 19.8. The first kappa shape index (κ1) is 25.1. The van der Waals surface area contributed by atoms with Crippen molar-refractivity contribution in [3.63, 3.8) is 0 Å². The molecule has 0 radical (unpaired) electrons. The van der Waals surface area contributed by atoms with Gasteiger partial charge in [-0.25, -0.2) is 4.79 Å². The number of anilines is 2. The molecule has 0 fully saturated rings. The third-order valence-corrected chi connectivity index (χ3v) is 6.62. The number of rotatable bonds is 8. The summed E-state index contributed by atoms with van der Waals surface area (Å²) in [4.78, 5) is 23.9. The predicted octanol–water partition coefficient (Wildman–Crippen LogP) is 5.28. The summed E-state index contributed by atoms with van der Waals surface area (Å²) in [6.07, 6.45) is 0. The van der Waals surface area contributed by atoms with E-state index < -0.39 is 29.2 Å². The number of fused-ring (bicyclic) bond motifs is 1. The van der Waals surface area contributed by atoms with E-state index in [4.69, 9.17) is 0 Å². The van der Waals surface area contributed by atoms with Gasteiger partial charge in [-0.1, -0.05) is 68.4 Å². The summed E-state index contributed by atoms with van der Waals surface area (Å²) in [6, 6.07) is 26.0. The third kappa shape index (κ3) is 5.45. The molecule has 0 spiro atoms. The Morgan fingerprint density at radius 1 is 0.833 bits per heavy atom. The normalized spacial score (nSPS) is 12.8. The van der Waals surface area contributed by atoms with Crippen LogP contribution in [0.15, 0.2) is 91.0 Å². The number of carbonyl (C=O) groups is 2. The maximum absolute atomic E-state index is 12.5. The molecule has 0 aliphatic heterocycles. The summed E-state index contributed by atoms with van der Waals surface area (Å²) < 4.78 is 25.7. The van der Waals surface area contributed by atoms with Crippen molar-refractivity contribution in [1.82, 2.24) is 5.32 Å². The number of carboxylic acids is 1. The van der Waals surface area contributed by atoms with Gasteiger partial charge in [0.15, 0.2) is 0 Å². The summed E-state index contributed by atoms with van der Waals surface area (Å²) in [5.74, 6) is -1.82. The summed E-state index contributed by atoms with van der Waals surface area (Å²) in [7, 11) is 0. The highest BCUT2D eigenvalue weighted by Crippen LogP contribution is 2.32. The van der Waals surface area contributed by atoms with Crippen LogP contribution in [0.25, 0.3) is 21.9 Å². The van der Waals surface area contributed by atoms with Gasteiger partial charge in [0.2, 0.25) is 0 Å². The quantitative estimate of drug-likeness (QED) is 0.319. The lowest BCUT2D eigenvalue weighted by Gasteiger charge is -2.27. The van der Waals surface area contributed by atoms with Gasteiger partial charge in [-0.2, -0.15) is 0 Å². The number of nitrogens with zero attached hydrogens (tertiary/aromatic N) is 1. The first-order valence-electron chi connectivity index (χ1n) is 11.4. The number of carboxylic acid groups (broad SMARTS) is 1. The number of hydrogen-bond acceptors (Lipinski definition) is 4. The second kappa shape index (κ2) is 10.7. The molecule has 0 bridgehead atoms. The van der Waals surface area contributed by atoms with E-state index in [0.717, 1.165) is 21.9 Å². The monoisotopic (exact) mass is 501 g/mol. The predicted molar refractivity (Wildman–Crippen MR) is 141 cm³/mol. The average Bonchev–Trinajstić information content (AvgIpc) is 2.87. The topological polar surface area (TPSA) is 110 Å². The Labute approximate surface area is 211 Å². The Morgan fingerprint density at radius 2 is 1.50 bits per heavy atom. The molecule has 1 amide bonds. The average molecular weight is 502 g/mol. The van der Waals surface area contributed by atoms with E-state index in [1.54, 1.807) is 62.4 Å². The number of benzene rings is 4. The van der Waals surface area contributed by atoms with Crippen molar-refractivity contribution in [1.29, 1.82) is 0 Å². The molecule has 4 aromatic rings. The minimum atomic E-state index is -2.55. The van der Waals surface area contributed by atoms with Crippen molar-refractivity contribution < 1.29 is 23.5 Å². The van der Waals surface area contributed by atoms with E-state index in [1.165, 1.54) is 4.31 Å². The molecule has 4 rings (SSSR count). The van der Waals surface area contributed by atoms with Crippen molar-refractivity contribution in [2.45, 2.75) is 19.9 Å². The number of amides is 1. The van der Waals surface area contributed by atoms with E-state index in [1.807, 2.05) is 42.5 Å². The SMILES string of the molecule is CC(C)C(NC(=O)c1ccc(-c2cccc(N(c3ccc4ccccc4c3)S(=O)[O-])c2)cc1)C(=O)O. The van der Waals surface area contributed by atoms with E-state index in [0.29, 0.717) is 16.9 Å². The molecule has 0 saturated heterocycles. The van der Waals surface area contributed by atoms with Crippen LogP contribution in [-0.4, -0.2) is 31.8 Å². The lowest BCUT2D eigenvalue weighted by atomic mass is 10.0. The second-order valence-electron chi connectivity index (χ2n) is 8.70. The molecule has 2 unspecified atom stereocenters. The van der Waals surface area contributed by atoms with Crippen LogP contribution in [0.1, 0.15) is 24.2 Å². The zero-order valence-corrected chi connectivity index (χ0v) is 20.6. The van der Waals surface area contributed by atoms with Crippen molar-refractivity contribution in [3.05, 3.63) is 96.6 Å². The number of carbonyl (C=O) groups excluding carboxylic acids is 1. The van der Waals surface area contributed by atoms with Crippen molar-refractivity contribution in [2.24, 2.45) is 5.92 Å². The highest BCUT2D eigenvalue weighted by Gasteiger charge is 2.24. The molecule has 7 nitrogen and oxygen atoms in total. The fourth-order valence-electron chi connectivity index (χ4n) is 3.99. The first-order chi connectivity index (χ1) is 17.2. The molecule has 0 aliphatic carbocycles. The molecule has 0 aromatic heterocycles. The lowest BCUT2D eigenvalue weighted by Crippen LogP contribution is -2.44. The van der Waals surface area contributed by atoms with Gasteiger partial charge in [-0.05, 0) is 64.2 Å². The fraction of sp³-hybridized carbons (Fsp3) is 0.143. The number of nitrogens with one attached hydrogen (secondary N) is 1. The fourth-order valence-corrected chi connectivity index (χ4v) is 4.56. The lowest BCUT2D eigenvalue weighted by molar-refractivity contribution is -0.140. The molecule has 0 heterocycles. The Bertz CT molecular complexity index is 1440. The van der Waals surface area contributed by atoms with Crippen LogP contribution in [0.3, 0.4) is 0 Å². The molecule has 2 atom stereocenters. The molecular formula is C28H25N2O5S-. The van der Waals surface area contributed by atoms with Gasteiger partial charge in [-0.15, -0.1) is 0 Å². The van der Waals surface area contributed by atoms with Crippen LogP contribution in [0.5, 0.6) is 0 Å². The molecule has 2 N–H and O–H groups in total. The maximum atomic E-state index is 12.5. The smallest absolute Gasteiger partial charge is 0.326 e. The van der Waals surface area contributed by atoms with Gasteiger partial charge in [0, 0.05) is 5.56 Å². The van der Waals surface area contributed by atoms with Crippen LogP contribution >= 0.6 is 0 Å². The van der Waals surface area contributed by atoms with Crippen LogP contribution in [0.4, 0.5) is 11.4 Å². The summed E-state index contributed by atoms with van der Waals surface area (Å²) in [5, 5.41) is 13.8. The largest absolute Gasteiger partial charge is 0.755 e. The van der Waals surface area contributed by atoms with Crippen molar-refractivity contribution in [3.8, 4) is 11.1 Å². The van der Waals surface area contributed by atoms with Gasteiger partial charge in [0.1, 0.15) is 6.04 Å². The molecule has 4 aromatic carbocycles. The van der Waals surface area contributed by atoms with Gasteiger partial charge in [0.05, 0.1) is 22.6 Å². The number of aliphatic carboxylic acids is 1. The minimum absolute atomic E-state index is 0.259. The van der Waals surface area contributed by atoms with Gasteiger partial charge >= 0.3 is 5.97 Å². The second-order valence-corrected chi connectivity index (χ2v) is 9.50. The van der Waals surface area contributed by atoms with E-state index in [-0.39, 0.29) is 5.92 Å². The Kier molecular flexibility index (Phi) is 7.47. The number of hydrogen-bond donors (Lipinski definition) is 2. The molecule has 8 heteroatoms.